The summed E-state index contributed by atoms with van der Waals surface area (Å²) in [6, 6.07) is 0. The van der Waals surface area contributed by atoms with E-state index in [-0.39, 0.29) is 18.9 Å². The molecule has 0 aliphatic carbocycles. The van der Waals surface area contributed by atoms with Crippen molar-refractivity contribution in [3.63, 3.8) is 0 Å². The molecule has 16 nitrogen and oxygen atoms in total. The Labute approximate surface area is 344 Å². The number of carbonyl (C=O) groups is 4. The standard InChI is InChI=1S/C42H72O16/c1-19-17-41(12,49)37(47)24(6)35(54-28(10)44)23(5)34(21(3)26(8)43)57-39(48)25(7)36(22(4)33(19)58-40-32(46)30(50-14)16-20(2)52-40)56-31-18-42(13,51-15)38(27(9)53-31)55-29(11)45/h19-27,30-36,38,40,43,46,49H,16-18H2,1-15H3/t19-,20+,21-,22+,23+,24+,25+,26-,27-,30-,31-,32-,33-,34+,35-,36+,38+,40-,41-,42+/m0/s1. The van der Waals surface area contributed by atoms with Crippen molar-refractivity contribution in [3.05, 3.63) is 0 Å². The number of aliphatic hydroxyl groups excluding tert-OH is 2. The number of esters is 3. The van der Waals surface area contributed by atoms with Gasteiger partial charge in [0.25, 0.3) is 0 Å². The lowest BCUT2D eigenvalue weighted by Crippen LogP contribution is -2.59. The Morgan fingerprint density at radius 1 is 0.828 bits per heavy atom. The number of hydrogen-bond donors (Lipinski definition) is 3. The van der Waals surface area contributed by atoms with Gasteiger partial charge in [0.2, 0.25) is 0 Å². The highest BCUT2D eigenvalue weighted by Crippen LogP contribution is 2.41. The minimum Gasteiger partial charge on any atom is -0.461 e. The highest BCUT2D eigenvalue weighted by Gasteiger charge is 2.53. The normalized spacial score (nSPS) is 44.7. The molecule has 0 spiro atoms. The predicted octanol–water partition coefficient (Wildman–Crippen LogP) is 3.50. The SMILES string of the molecule is CO[C@H]1C[C@@H](C)O[C@@H](O[C@@H]2[C@@H](C)[C@@H](O[C@H]3C[C@@](C)(OC)[C@H](OC(C)=O)[C@H](C)O3)[C@@H](C)C(=O)O[C@H]([C@@H](C)[C@H](C)O)[C@@H](C)[C@H](OC(C)=O)[C@@H](C)C(=O)[C@@](C)(O)C[C@@H]2C)[C@H]1O. The molecule has 3 heterocycles. The van der Waals surface area contributed by atoms with Gasteiger partial charge in [0.1, 0.15) is 29.5 Å². The van der Waals surface area contributed by atoms with E-state index in [2.05, 4.69) is 0 Å². The van der Waals surface area contributed by atoms with E-state index >= 15 is 0 Å². The summed E-state index contributed by atoms with van der Waals surface area (Å²) < 4.78 is 55.0. The Bertz CT molecular complexity index is 1390. The average molecular weight is 833 g/mol. The lowest BCUT2D eigenvalue weighted by atomic mass is 9.74. The van der Waals surface area contributed by atoms with Crippen molar-refractivity contribution >= 4 is 23.7 Å². The van der Waals surface area contributed by atoms with Crippen LogP contribution < -0.4 is 0 Å². The third-order valence-corrected chi connectivity index (χ3v) is 12.7. The minimum atomic E-state index is -1.99. The van der Waals surface area contributed by atoms with Gasteiger partial charge in [-0.2, -0.15) is 0 Å². The third kappa shape index (κ3) is 11.8. The van der Waals surface area contributed by atoms with Gasteiger partial charge in [-0.15, -0.1) is 0 Å². The lowest BCUT2D eigenvalue weighted by Gasteiger charge is -2.48. The molecule has 3 aliphatic rings. The minimum absolute atomic E-state index is 0.0826. The molecule has 16 heteroatoms. The van der Waals surface area contributed by atoms with Crippen LogP contribution in [0.3, 0.4) is 0 Å². The van der Waals surface area contributed by atoms with Gasteiger partial charge < -0.3 is 58.0 Å². The fourth-order valence-electron chi connectivity index (χ4n) is 9.20. The van der Waals surface area contributed by atoms with Crippen molar-refractivity contribution in [2.24, 2.45) is 35.5 Å². The first kappa shape index (κ1) is 50.1. The Kier molecular flexibility index (Phi) is 17.7. The molecule has 58 heavy (non-hydrogen) atoms. The molecule has 0 aromatic carbocycles. The molecule has 0 bridgehead atoms. The van der Waals surface area contributed by atoms with E-state index in [1.165, 1.54) is 35.0 Å². The average Bonchev–Trinajstić information content (AvgIpc) is 3.13. The largest absolute Gasteiger partial charge is 0.461 e. The summed E-state index contributed by atoms with van der Waals surface area (Å²) >= 11 is 0. The topological polar surface area (TPSA) is 212 Å². The van der Waals surface area contributed by atoms with Crippen LogP contribution in [0.2, 0.25) is 0 Å². The number of ketones is 1. The van der Waals surface area contributed by atoms with Crippen LogP contribution in [0.5, 0.6) is 0 Å². The number of hydrogen-bond acceptors (Lipinski definition) is 16. The van der Waals surface area contributed by atoms with E-state index in [1.54, 1.807) is 62.3 Å². The van der Waals surface area contributed by atoms with Gasteiger partial charge in [0, 0.05) is 58.7 Å². The number of Topliss-reactive ketones (excluding diaryl/α,β-unsaturated/α-hetero) is 1. The van der Waals surface area contributed by atoms with E-state index in [0.717, 1.165) is 0 Å². The number of aliphatic hydroxyl groups is 3. The van der Waals surface area contributed by atoms with Crippen LogP contribution in [0.4, 0.5) is 0 Å². The zero-order valence-corrected chi connectivity index (χ0v) is 37.2. The molecule has 0 saturated carbocycles. The molecule has 20 atom stereocenters. The van der Waals surface area contributed by atoms with Gasteiger partial charge >= 0.3 is 17.9 Å². The summed E-state index contributed by atoms with van der Waals surface area (Å²) in [5.41, 5.74) is -3.06. The van der Waals surface area contributed by atoms with Crippen LogP contribution >= 0.6 is 0 Å². The summed E-state index contributed by atoms with van der Waals surface area (Å²) in [6.45, 7) is 20.9. The first-order chi connectivity index (χ1) is 26.8. The highest BCUT2D eigenvalue weighted by molar-refractivity contribution is 5.89. The molecule has 0 radical (unpaired) electrons. The van der Waals surface area contributed by atoms with Crippen LogP contribution in [0.15, 0.2) is 0 Å². The van der Waals surface area contributed by atoms with Crippen molar-refractivity contribution in [2.45, 2.75) is 194 Å². The number of cyclic esters (lactones) is 1. The van der Waals surface area contributed by atoms with E-state index in [9.17, 15) is 34.5 Å². The summed E-state index contributed by atoms with van der Waals surface area (Å²) in [6.07, 6.45) is -10.8. The molecule has 3 N–H and O–H groups in total. The third-order valence-electron chi connectivity index (χ3n) is 12.7. The van der Waals surface area contributed by atoms with Crippen molar-refractivity contribution in [1.29, 1.82) is 0 Å². The van der Waals surface area contributed by atoms with Crippen molar-refractivity contribution in [3.8, 4) is 0 Å². The molecule has 3 aliphatic heterocycles. The molecule has 3 rings (SSSR count). The zero-order chi connectivity index (χ0) is 44.2. The predicted molar refractivity (Wildman–Crippen MR) is 208 cm³/mol. The van der Waals surface area contributed by atoms with E-state index in [4.69, 9.17) is 42.6 Å². The highest BCUT2D eigenvalue weighted by atomic mass is 16.7. The Hall–Kier alpha value is -2.28. The second-order valence-corrected chi connectivity index (χ2v) is 17.7. The maximum atomic E-state index is 14.6. The summed E-state index contributed by atoms with van der Waals surface area (Å²) in [5, 5.41) is 34.2. The molecule has 0 unspecified atom stereocenters. The summed E-state index contributed by atoms with van der Waals surface area (Å²) in [5.74, 6) is -7.59. The van der Waals surface area contributed by atoms with E-state index < -0.39 is 138 Å². The maximum absolute atomic E-state index is 14.6. The molecule has 3 fully saturated rings. The Balaban J connectivity index is 2.24. The summed E-state index contributed by atoms with van der Waals surface area (Å²) in [4.78, 5) is 53.5. The van der Waals surface area contributed by atoms with Gasteiger partial charge in [-0.3, -0.25) is 19.2 Å². The molecule has 0 aromatic rings. The zero-order valence-electron chi connectivity index (χ0n) is 37.2. The van der Waals surface area contributed by atoms with Crippen LogP contribution in [-0.2, 0) is 61.8 Å². The van der Waals surface area contributed by atoms with Gasteiger partial charge in [-0.1, -0.05) is 34.6 Å². The monoisotopic (exact) mass is 832 g/mol. The Morgan fingerprint density at radius 2 is 1.43 bits per heavy atom. The van der Waals surface area contributed by atoms with Crippen molar-refractivity contribution < 1.29 is 77.1 Å². The lowest BCUT2D eigenvalue weighted by molar-refractivity contribution is -0.313. The van der Waals surface area contributed by atoms with Gasteiger partial charge in [0.15, 0.2) is 24.5 Å². The molecule has 3 saturated heterocycles. The quantitative estimate of drug-likeness (QED) is 0.212. The van der Waals surface area contributed by atoms with Crippen molar-refractivity contribution in [1.82, 2.24) is 0 Å². The number of methoxy groups -OCH3 is 2. The molecular weight excluding hydrogens is 760 g/mol. The molecular formula is C42H72O16. The van der Waals surface area contributed by atoms with E-state index in [0.29, 0.717) is 6.42 Å². The van der Waals surface area contributed by atoms with Gasteiger partial charge in [-0.05, 0) is 53.9 Å². The Morgan fingerprint density at radius 3 is 1.97 bits per heavy atom. The van der Waals surface area contributed by atoms with E-state index in [1.807, 2.05) is 6.92 Å². The van der Waals surface area contributed by atoms with Crippen LogP contribution in [-0.4, -0.2) is 138 Å². The van der Waals surface area contributed by atoms with Crippen molar-refractivity contribution in [2.75, 3.05) is 14.2 Å². The van der Waals surface area contributed by atoms with Gasteiger partial charge in [0.05, 0.1) is 48.5 Å². The number of carbonyl (C=O) groups excluding carboxylic acids is 4. The van der Waals surface area contributed by atoms with Crippen LogP contribution in [0.25, 0.3) is 0 Å². The second-order valence-electron chi connectivity index (χ2n) is 17.7. The molecule has 0 aromatic heterocycles. The first-order valence-electron chi connectivity index (χ1n) is 20.7. The second kappa shape index (κ2) is 20.5. The molecule has 0 amide bonds. The number of ether oxygens (including phenoxy) is 9. The van der Waals surface area contributed by atoms with Crippen LogP contribution in [0.1, 0.15) is 109 Å². The fourth-order valence-corrected chi connectivity index (χ4v) is 9.20. The van der Waals surface area contributed by atoms with Crippen LogP contribution in [0, 0.1) is 35.5 Å². The summed E-state index contributed by atoms with van der Waals surface area (Å²) in [7, 11) is 2.98. The maximum Gasteiger partial charge on any atom is 0.311 e. The molecule has 336 valence electrons. The first-order valence-corrected chi connectivity index (χ1v) is 20.7. The fraction of sp³-hybridized carbons (Fsp3) is 0.905. The van der Waals surface area contributed by atoms with Gasteiger partial charge in [-0.25, -0.2) is 0 Å². The smallest absolute Gasteiger partial charge is 0.311 e. The number of rotatable bonds is 10.